The maximum Gasteiger partial charge on any atom is 0.132 e. The zero-order valence-electron chi connectivity index (χ0n) is 19.8. The summed E-state index contributed by atoms with van der Waals surface area (Å²) in [5.74, 6) is 1.12. The highest BCUT2D eigenvalue weighted by atomic mass is 35.5. The van der Waals surface area contributed by atoms with Crippen molar-refractivity contribution in [1.29, 1.82) is 0 Å². The fourth-order valence-corrected chi connectivity index (χ4v) is 4.82. The van der Waals surface area contributed by atoms with Gasteiger partial charge in [0.25, 0.3) is 0 Å². The molecule has 0 aromatic heterocycles. The molecule has 0 fully saturated rings. The Kier molecular flexibility index (Phi) is 7.10. The number of hydrogen-bond acceptors (Lipinski definition) is 3. The second-order valence-electron chi connectivity index (χ2n) is 9.22. The SMILES string of the molecule is CC1=C(c2ccc(Cl)cc2)C=C(CC2CCC=C3N=C(c4ccccc4F)C=C3C=NC2)OCC1. The van der Waals surface area contributed by atoms with E-state index in [9.17, 15) is 4.39 Å². The smallest absolute Gasteiger partial charge is 0.132 e. The minimum absolute atomic E-state index is 0.258. The van der Waals surface area contributed by atoms with Gasteiger partial charge >= 0.3 is 0 Å². The molecule has 3 nitrogen and oxygen atoms in total. The van der Waals surface area contributed by atoms with Crippen LogP contribution in [0.3, 0.4) is 0 Å². The molecule has 3 heterocycles. The number of hydrogen-bond donors (Lipinski definition) is 0. The summed E-state index contributed by atoms with van der Waals surface area (Å²) in [6.45, 7) is 3.58. The van der Waals surface area contributed by atoms with Gasteiger partial charge in [0.05, 0.1) is 23.8 Å². The second-order valence-corrected chi connectivity index (χ2v) is 9.65. The van der Waals surface area contributed by atoms with E-state index in [0.29, 0.717) is 30.3 Å². The molecule has 5 heteroatoms. The van der Waals surface area contributed by atoms with Gasteiger partial charge in [-0.2, -0.15) is 0 Å². The van der Waals surface area contributed by atoms with E-state index in [1.165, 1.54) is 17.2 Å². The molecule has 0 bridgehead atoms. The quantitative estimate of drug-likeness (QED) is 0.435. The van der Waals surface area contributed by atoms with E-state index in [1.54, 1.807) is 12.1 Å². The number of rotatable bonds is 4. The normalized spacial score (nSPS) is 20.4. The van der Waals surface area contributed by atoms with E-state index in [2.05, 4.69) is 31.2 Å². The minimum atomic E-state index is -0.258. The Bertz CT molecular complexity index is 1300. The number of benzene rings is 2. The molecule has 1 unspecified atom stereocenters. The van der Waals surface area contributed by atoms with E-state index < -0.39 is 0 Å². The van der Waals surface area contributed by atoms with Crippen LogP contribution in [0.25, 0.3) is 5.57 Å². The van der Waals surface area contributed by atoms with Crippen LogP contribution < -0.4 is 0 Å². The summed E-state index contributed by atoms with van der Waals surface area (Å²) < 4.78 is 20.4. The first-order chi connectivity index (χ1) is 17.1. The summed E-state index contributed by atoms with van der Waals surface area (Å²) in [6, 6.07) is 14.8. The molecule has 178 valence electrons. The molecule has 0 amide bonds. The van der Waals surface area contributed by atoms with Crippen LogP contribution in [0, 0.1) is 11.7 Å². The Morgan fingerprint density at radius 2 is 1.91 bits per heavy atom. The highest BCUT2D eigenvalue weighted by molar-refractivity contribution is 6.30. The first kappa shape index (κ1) is 23.5. The Labute approximate surface area is 211 Å². The minimum Gasteiger partial charge on any atom is -0.498 e. The van der Waals surface area contributed by atoms with Gasteiger partial charge in [-0.15, -0.1) is 0 Å². The average Bonchev–Trinajstić information content (AvgIpc) is 3.19. The van der Waals surface area contributed by atoms with Gasteiger partial charge in [-0.1, -0.05) is 47.5 Å². The lowest BCUT2D eigenvalue weighted by atomic mass is 9.95. The molecular weight excluding hydrogens is 459 g/mol. The van der Waals surface area contributed by atoms with Crippen molar-refractivity contribution in [2.24, 2.45) is 15.9 Å². The summed E-state index contributed by atoms with van der Waals surface area (Å²) >= 11 is 6.10. The van der Waals surface area contributed by atoms with Gasteiger partial charge in [0.1, 0.15) is 5.82 Å². The standard InChI is InChI=1S/C30H28ClFN2O/c1-20-13-14-35-25(17-27(20)22-9-11-24(31)12-10-22)15-21-5-4-8-29-23(19-33-18-21)16-30(34-29)26-6-2-3-7-28(26)32/h2-3,6-12,16-17,19,21H,4-5,13-15,18H2,1H3. The fourth-order valence-electron chi connectivity index (χ4n) is 4.69. The predicted octanol–water partition coefficient (Wildman–Crippen LogP) is 7.74. The summed E-state index contributed by atoms with van der Waals surface area (Å²) in [5, 5.41) is 0.740. The molecular formula is C30H28ClFN2O. The van der Waals surface area contributed by atoms with Crippen LogP contribution in [0.5, 0.6) is 0 Å². The van der Waals surface area contributed by atoms with Gasteiger partial charge < -0.3 is 4.74 Å². The Balaban J connectivity index is 1.31. The molecule has 35 heavy (non-hydrogen) atoms. The zero-order chi connectivity index (χ0) is 24.2. The highest BCUT2D eigenvalue weighted by Crippen LogP contribution is 2.32. The first-order valence-corrected chi connectivity index (χ1v) is 12.5. The number of allylic oxidation sites excluding steroid dienone is 6. The maximum absolute atomic E-state index is 14.2. The van der Waals surface area contributed by atoms with Crippen LogP contribution in [0.4, 0.5) is 4.39 Å². The van der Waals surface area contributed by atoms with Crippen LogP contribution in [-0.2, 0) is 4.74 Å². The third-order valence-electron chi connectivity index (χ3n) is 6.66. The molecule has 0 aliphatic carbocycles. The molecule has 0 spiro atoms. The van der Waals surface area contributed by atoms with Gasteiger partial charge in [-0.3, -0.25) is 4.99 Å². The average molecular weight is 487 g/mol. The molecule has 0 radical (unpaired) electrons. The van der Waals surface area contributed by atoms with Crippen molar-refractivity contribution in [1.82, 2.24) is 0 Å². The van der Waals surface area contributed by atoms with Gasteiger partial charge in [-0.05, 0) is 73.2 Å². The van der Waals surface area contributed by atoms with Crippen molar-refractivity contribution in [3.8, 4) is 0 Å². The molecule has 2 aromatic carbocycles. The molecule has 2 aromatic rings. The Hall–Kier alpha value is -3.24. The predicted molar refractivity (Wildman–Crippen MR) is 143 cm³/mol. The highest BCUT2D eigenvalue weighted by Gasteiger charge is 2.20. The fraction of sp³-hybridized carbons (Fsp3) is 0.267. The molecule has 5 rings (SSSR count). The van der Waals surface area contributed by atoms with Crippen molar-refractivity contribution in [3.05, 3.63) is 111 Å². The van der Waals surface area contributed by atoms with Crippen LogP contribution in [0.2, 0.25) is 5.02 Å². The van der Waals surface area contributed by atoms with E-state index >= 15 is 0 Å². The van der Waals surface area contributed by atoms with E-state index in [4.69, 9.17) is 26.3 Å². The number of fused-ring (bicyclic) bond motifs is 1. The van der Waals surface area contributed by atoms with E-state index in [0.717, 1.165) is 53.3 Å². The lowest BCUT2D eigenvalue weighted by Gasteiger charge is -2.16. The van der Waals surface area contributed by atoms with Gasteiger partial charge in [0.2, 0.25) is 0 Å². The molecule has 0 saturated heterocycles. The molecule has 0 saturated carbocycles. The summed E-state index contributed by atoms with van der Waals surface area (Å²) in [7, 11) is 0. The van der Waals surface area contributed by atoms with Gasteiger partial charge in [-0.25, -0.2) is 9.38 Å². The van der Waals surface area contributed by atoms with E-state index in [-0.39, 0.29) is 5.82 Å². The number of halogens is 2. The maximum atomic E-state index is 14.2. The summed E-state index contributed by atoms with van der Waals surface area (Å²) in [5.41, 5.74) is 6.70. The topological polar surface area (TPSA) is 34.0 Å². The van der Waals surface area contributed by atoms with Crippen molar-refractivity contribution in [2.75, 3.05) is 13.2 Å². The van der Waals surface area contributed by atoms with Crippen LogP contribution in [0.1, 0.15) is 43.7 Å². The van der Waals surface area contributed by atoms with Gasteiger partial charge in [0, 0.05) is 41.8 Å². The lowest BCUT2D eigenvalue weighted by molar-refractivity contribution is 0.196. The van der Waals surface area contributed by atoms with Crippen LogP contribution >= 0.6 is 11.6 Å². The molecule has 1 atom stereocenters. The summed E-state index contributed by atoms with van der Waals surface area (Å²) in [6.07, 6.45) is 11.8. The van der Waals surface area contributed by atoms with Crippen molar-refractivity contribution in [3.63, 3.8) is 0 Å². The number of nitrogens with zero attached hydrogens (tertiary/aromatic N) is 2. The largest absolute Gasteiger partial charge is 0.498 e. The molecule has 3 aliphatic rings. The number of ether oxygens (including phenoxy) is 1. The molecule has 0 N–H and O–H groups in total. The Morgan fingerprint density at radius 3 is 2.74 bits per heavy atom. The van der Waals surface area contributed by atoms with Crippen molar-refractivity contribution >= 4 is 29.1 Å². The number of aliphatic imine (C=N–C) groups is 2. The second kappa shape index (κ2) is 10.6. The Morgan fingerprint density at radius 1 is 1.09 bits per heavy atom. The van der Waals surface area contributed by atoms with Crippen molar-refractivity contribution < 1.29 is 9.13 Å². The van der Waals surface area contributed by atoms with Crippen LogP contribution in [-0.4, -0.2) is 25.1 Å². The van der Waals surface area contributed by atoms with Crippen molar-refractivity contribution in [2.45, 2.75) is 32.6 Å². The summed E-state index contributed by atoms with van der Waals surface area (Å²) in [4.78, 5) is 9.44. The van der Waals surface area contributed by atoms with Crippen LogP contribution in [0.15, 0.2) is 99.3 Å². The lowest BCUT2D eigenvalue weighted by Crippen LogP contribution is -2.08. The molecule has 3 aliphatic heterocycles. The third-order valence-corrected chi connectivity index (χ3v) is 6.91. The first-order valence-electron chi connectivity index (χ1n) is 12.1. The zero-order valence-corrected chi connectivity index (χ0v) is 20.6. The van der Waals surface area contributed by atoms with Gasteiger partial charge in [0.15, 0.2) is 0 Å². The van der Waals surface area contributed by atoms with E-state index in [1.807, 2.05) is 30.5 Å². The third kappa shape index (κ3) is 5.54. The monoisotopic (exact) mass is 486 g/mol.